The van der Waals surface area contributed by atoms with Gasteiger partial charge in [0.25, 0.3) is 0 Å². The summed E-state index contributed by atoms with van der Waals surface area (Å²) in [5.41, 5.74) is -4.30. The largest absolute Gasteiger partial charge is 0.478 e. The molecule has 0 bridgehead atoms. The van der Waals surface area contributed by atoms with Crippen molar-refractivity contribution in [3.05, 3.63) is 35.4 Å². The van der Waals surface area contributed by atoms with E-state index in [1.165, 1.54) is 0 Å². The van der Waals surface area contributed by atoms with E-state index in [0.29, 0.717) is 6.92 Å². The van der Waals surface area contributed by atoms with Gasteiger partial charge in [0.05, 0.1) is 5.56 Å². The molecule has 88 valence electrons. The van der Waals surface area contributed by atoms with E-state index in [0.717, 1.165) is 24.3 Å². The minimum atomic E-state index is -5.03. The zero-order valence-corrected chi connectivity index (χ0v) is 8.18. The quantitative estimate of drug-likeness (QED) is 0.801. The highest BCUT2D eigenvalue weighted by molar-refractivity contribution is 5.87. The number of carboxylic acid groups (broad SMARTS) is 1. The van der Waals surface area contributed by atoms with Crippen LogP contribution in [0.3, 0.4) is 0 Å². The number of alkyl halides is 4. The Labute approximate surface area is 88.5 Å². The number of aromatic carboxylic acids is 1. The van der Waals surface area contributed by atoms with Crippen LogP contribution in [0.2, 0.25) is 0 Å². The molecule has 0 aliphatic carbocycles. The lowest BCUT2D eigenvalue weighted by molar-refractivity contribution is -0.228. The Bertz CT molecular complexity index is 392. The van der Waals surface area contributed by atoms with Crippen LogP contribution < -0.4 is 0 Å². The average Bonchev–Trinajstić information content (AvgIpc) is 2.16. The summed E-state index contributed by atoms with van der Waals surface area (Å²) in [5, 5.41) is 8.52. The van der Waals surface area contributed by atoms with Gasteiger partial charge in [-0.1, -0.05) is 12.1 Å². The summed E-state index contributed by atoms with van der Waals surface area (Å²) < 4.78 is 50.3. The molecule has 0 fully saturated rings. The Morgan fingerprint density at radius 3 is 1.88 bits per heavy atom. The van der Waals surface area contributed by atoms with Gasteiger partial charge in [-0.25, -0.2) is 9.18 Å². The van der Waals surface area contributed by atoms with Crippen molar-refractivity contribution >= 4 is 5.97 Å². The van der Waals surface area contributed by atoms with Crippen LogP contribution in [0.25, 0.3) is 0 Å². The van der Waals surface area contributed by atoms with Crippen molar-refractivity contribution in [2.75, 3.05) is 0 Å². The van der Waals surface area contributed by atoms with Crippen LogP contribution >= 0.6 is 0 Å². The van der Waals surface area contributed by atoms with Crippen molar-refractivity contribution in [1.29, 1.82) is 0 Å². The number of carboxylic acids is 1. The molecule has 1 aromatic carbocycles. The molecule has 1 atom stereocenters. The molecule has 16 heavy (non-hydrogen) atoms. The predicted molar refractivity (Wildman–Crippen MR) is 47.9 cm³/mol. The van der Waals surface area contributed by atoms with Gasteiger partial charge in [0.2, 0.25) is 5.67 Å². The highest BCUT2D eigenvalue weighted by atomic mass is 19.4. The van der Waals surface area contributed by atoms with Gasteiger partial charge in [0.1, 0.15) is 0 Å². The Balaban J connectivity index is 3.11. The standard InChI is InChI=1S/C10H8F4O2/c1-9(11,10(12,13)14)7-4-2-6(3-5-7)8(15)16/h2-5H,1H3,(H,15,16). The van der Waals surface area contributed by atoms with Gasteiger partial charge in [-0.3, -0.25) is 0 Å². The summed E-state index contributed by atoms with van der Waals surface area (Å²) >= 11 is 0. The lowest BCUT2D eigenvalue weighted by atomic mass is 9.96. The molecule has 0 aliphatic heterocycles. The zero-order valence-electron chi connectivity index (χ0n) is 8.18. The van der Waals surface area contributed by atoms with Gasteiger partial charge in [-0.05, 0) is 24.6 Å². The number of rotatable bonds is 2. The van der Waals surface area contributed by atoms with Crippen LogP contribution in [-0.4, -0.2) is 17.3 Å². The van der Waals surface area contributed by atoms with Crippen molar-refractivity contribution in [2.24, 2.45) is 0 Å². The smallest absolute Gasteiger partial charge is 0.426 e. The number of hydrogen-bond acceptors (Lipinski definition) is 1. The molecule has 1 unspecified atom stereocenters. The van der Waals surface area contributed by atoms with Crippen molar-refractivity contribution in [1.82, 2.24) is 0 Å². The summed E-state index contributed by atoms with van der Waals surface area (Å²) in [7, 11) is 0. The molecule has 6 heteroatoms. The molecular weight excluding hydrogens is 228 g/mol. The van der Waals surface area contributed by atoms with Crippen LogP contribution in [0.15, 0.2) is 24.3 Å². The van der Waals surface area contributed by atoms with Gasteiger partial charge in [-0.2, -0.15) is 13.2 Å². The molecule has 2 nitrogen and oxygen atoms in total. The van der Waals surface area contributed by atoms with Gasteiger partial charge in [0, 0.05) is 0 Å². The topological polar surface area (TPSA) is 37.3 Å². The summed E-state index contributed by atoms with van der Waals surface area (Å²) in [6, 6.07) is 3.50. The maximum Gasteiger partial charge on any atom is 0.426 e. The van der Waals surface area contributed by atoms with E-state index in [4.69, 9.17) is 5.11 Å². The second-order valence-electron chi connectivity index (χ2n) is 3.38. The van der Waals surface area contributed by atoms with Gasteiger partial charge in [-0.15, -0.1) is 0 Å². The van der Waals surface area contributed by atoms with Crippen LogP contribution in [0.5, 0.6) is 0 Å². The average molecular weight is 236 g/mol. The fourth-order valence-electron chi connectivity index (χ4n) is 1.09. The van der Waals surface area contributed by atoms with E-state index in [-0.39, 0.29) is 5.56 Å². The lowest BCUT2D eigenvalue weighted by Gasteiger charge is -2.23. The molecule has 0 saturated carbocycles. The van der Waals surface area contributed by atoms with Gasteiger partial charge in [0.15, 0.2) is 0 Å². The Morgan fingerprint density at radius 2 is 1.56 bits per heavy atom. The zero-order chi connectivity index (χ0) is 12.6. The molecular formula is C10H8F4O2. The first-order valence-electron chi connectivity index (χ1n) is 4.26. The number of hydrogen-bond donors (Lipinski definition) is 1. The molecule has 1 N–H and O–H groups in total. The van der Waals surface area contributed by atoms with Crippen molar-refractivity contribution < 1.29 is 27.5 Å². The first-order chi connectivity index (χ1) is 7.16. The van der Waals surface area contributed by atoms with E-state index in [1.807, 2.05) is 0 Å². The molecule has 0 aromatic heterocycles. The third-order valence-corrected chi connectivity index (χ3v) is 2.21. The van der Waals surface area contributed by atoms with Crippen molar-refractivity contribution in [3.63, 3.8) is 0 Å². The molecule has 0 saturated heterocycles. The molecule has 1 aromatic rings. The molecule has 0 spiro atoms. The minimum absolute atomic E-state index is 0.193. The maximum atomic E-state index is 13.4. The molecule has 0 radical (unpaired) electrons. The Hall–Kier alpha value is -1.59. The van der Waals surface area contributed by atoms with Crippen molar-refractivity contribution in [3.8, 4) is 0 Å². The second-order valence-corrected chi connectivity index (χ2v) is 3.38. The summed E-state index contributed by atoms with van der Waals surface area (Å²) in [4.78, 5) is 10.4. The summed E-state index contributed by atoms with van der Waals surface area (Å²) in [5.74, 6) is -1.28. The van der Waals surface area contributed by atoms with Crippen LogP contribution in [0.4, 0.5) is 17.6 Å². The second kappa shape index (κ2) is 3.77. The molecule has 0 aliphatic rings. The van der Waals surface area contributed by atoms with E-state index < -0.39 is 23.4 Å². The van der Waals surface area contributed by atoms with Crippen LogP contribution in [0.1, 0.15) is 22.8 Å². The minimum Gasteiger partial charge on any atom is -0.478 e. The van der Waals surface area contributed by atoms with E-state index in [2.05, 4.69) is 0 Å². The molecule has 1 rings (SSSR count). The van der Waals surface area contributed by atoms with E-state index >= 15 is 0 Å². The van der Waals surface area contributed by atoms with E-state index in [9.17, 15) is 22.4 Å². The summed E-state index contributed by atoms with van der Waals surface area (Å²) in [6.45, 7) is 0.392. The van der Waals surface area contributed by atoms with Gasteiger partial charge >= 0.3 is 12.1 Å². The van der Waals surface area contributed by atoms with Crippen LogP contribution in [0, 0.1) is 0 Å². The number of carbonyl (C=O) groups is 1. The molecule has 0 amide bonds. The first-order valence-corrected chi connectivity index (χ1v) is 4.26. The highest BCUT2D eigenvalue weighted by Gasteiger charge is 2.53. The maximum absolute atomic E-state index is 13.4. The third-order valence-electron chi connectivity index (χ3n) is 2.21. The van der Waals surface area contributed by atoms with Crippen molar-refractivity contribution in [2.45, 2.75) is 18.8 Å². The number of halogens is 4. The normalized spacial score (nSPS) is 15.6. The Morgan fingerprint density at radius 1 is 1.12 bits per heavy atom. The monoisotopic (exact) mass is 236 g/mol. The van der Waals surface area contributed by atoms with Gasteiger partial charge < -0.3 is 5.11 Å². The Kier molecular flexibility index (Phi) is 2.94. The fourth-order valence-corrected chi connectivity index (χ4v) is 1.09. The number of benzene rings is 1. The SMILES string of the molecule is CC(F)(c1ccc(C(=O)O)cc1)C(F)(F)F. The molecule has 0 heterocycles. The first kappa shape index (κ1) is 12.5. The fraction of sp³-hybridized carbons (Fsp3) is 0.300. The highest BCUT2D eigenvalue weighted by Crippen LogP contribution is 2.41. The summed E-state index contributed by atoms with van der Waals surface area (Å²) in [6.07, 6.45) is -5.03. The predicted octanol–water partition coefficient (Wildman–Crippen LogP) is 3.13. The van der Waals surface area contributed by atoms with Crippen LogP contribution in [-0.2, 0) is 5.67 Å². The third kappa shape index (κ3) is 2.15. The lowest BCUT2D eigenvalue weighted by Crippen LogP contribution is -2.34. The van der Waals surface area contributed by atoms with E-state index in [1.54, 1.807) is 0 Å².